The van der Waals surface area contributed by atoms with Crippen molar-refractivity contribution in [2.45, 2.75) is 44.0 Å². The van der Waals surface area contributed by atoms with E-state index in [9.17, 15) is 8.42 Å². The number of aryl methyl sites for hydroxylation is 2. The number of sulfonamides is 1. The topological polar surface area (TPSA) is 125 Å². The molecule has 0 radical (unpaired) electrons. The average Bonchev–Trinajstić information content (AvgIpc) is 2.85. The summed E-state index contributed by atoms with van der Waals surface area (Å²) < 4.78 is 27.4. The Hall–Kier alpha value is -1.41. The number of aromatic amines is 1. The standard InChI is InChI=1S/C11H19N5O2S/c1-6-10(7(2)15-14-6)19(17,18)16-9-5-3-4-8(9)11(12)13/h8-9,16H,3-5H2,1-2H3,(H3,12,13)(H,14,15). The highest BCUT2D eigenvalue weighted by molar-refractivity contribution is 7.89. The quantitative estimate of drug-likeness (QED) is 0.472. The summed E-state index contributed by atoms with van der Waals surface area (Å²) in [5, 5.41) is 14.1. The molecule has 0 spiro atoms. The third-order valence-corrected chi connectivity index (χ3v) is 5.30. The molecule has 5 N–H and O–H groups in total. The fourth-order valence-electron chi connectivity index (χ4n) is 2.67. The van der Waals surface area contributed by atoms with Gasteiger partial charge in [-0.25, -0.2) is 13.1 Å². The van der Waals surface area contributed by atoms with E-state index in [0.29, 0.717) is 17.8 Å². The van der Waals surface area contributed by atoms with Gasteiger partial charge in [0.15, 0.2) is 0 Å². The van der Waals surface area contributed by atoms with Crippen LogP contribution in [0.15, 0.2) is 4.90 Å². The third-order valence-electron chi connectivity index (χ3n) is 3.55. The van der Waals surface area contributed by atoms with Crippen LogP contribution in [-0.4, -0.2) is 30.5 Å². The predicted molar refractivity (Wildman–Crippen MR) is 71.4 cm³/mol. The van der Waals surface area contributed by atoms with Gasteiger partial charge < -0.3 is 5.73 Å². The zero-order valence-corrected chi connectivity index (χ0v) is 11.8. The number of rotatable bonds is 4. The van der Waals surface area contributed by atoms with Crippen molar-refractivity contribution < 1.29 is 8.42 Å². The van der Waals surface area contributed by atoms with Crippen LogP contribution in [0.3, 0.4) is 0 Å². The van der Waals surface area contributed by atoms with Gasteiger partial charge in [0.25, 0.3) is 0 Å². The van der Waals surface area contributed by atoms with Crippen LogP contribution in [0.4, 0.5) is 0 Å². The first-order valence-electron chi connectivity index (χ1n) is 6.20. The molecule has 2 atom stereocenters. The molecule has 1 fully saturated rings. The highest BCUT2D eigenvalue weighted by Gasteiger charge is 2.34. The lowest BCUT2D eigenvalue weighted by molar-refractivity contribution is 0.521. The van der Waals surface area contributed by atoms with Gasteiger partial charge in [0.05, 0.1) is 17.2 Å². The van der Waals surface area contributed by atoms with E-state index >= 15 is 0 Å². The molecule has 1 aliphatic rings. The largest absolute Gasteiger partial charge is 0.387 e. The van der Waals surface area contributed by atoms with Gasteiger partial charge in [-0.05, 0) is 26.7 Å². The van der Waals surface area contributed by atoms with Crippen LogP contribution in [0, 0.1) is 25.2 Å². The first kappa shape index (κ1) is 14.0. The van der Waals surface area contributed by atoms with Gasteiger partial charge in [0.1, 0.15) is 4.90 Å². The van der Waals surface area contributed by atoms with Crippen LogP contribution >= 0.6 is 0 Å². The number of nitrogens with one attached hydrogen (secondary N) is 3. The molecular formula is C11H19N5O2S. The molecule has 1 aromatic heterocycles. The maximum absolute atomic E-state index is 12.4. The molecule has 0 amide bonds. The van der Waals surface area contributed by atoms with Crippen molar-refractivity contribution in [3.63, 3.8) is 0 Å². The summed E-state index contributed by atoms with van der Waals surface area (Å²) in [7, 11) is -3.62. The minimum atomic E-state index is -3.62. The number of hydrogen-bond acceptors (Lipinski definition) is 4. The van der Waals surface area contributed by atoms with Crippen LogP contribution in [0.2, 0.25) is 0 Å². The van der Waals surface area contributed by atoms with Gasteiger partial charge in [-0.3, -0.25) is 10.5 Å². The van der Waals surface area contributed by atoms with Gasteiger partial charge in [-0.1, -0.05) is 6.42 Å². The monoisotopic (exact) mass is 285 g/mol. The van der Waals surface area contributed by atoms with Gasteiger partial charge in [-0.15, -0.1) is 0 Å². The molecule has 0 aromatic carbocycles. The molecule has 0 saturated heterocycles. The van der Waals surface area contributed by atoms with E-state index in [-0.39, 0.29) is 22.7 Å². The van der Waals surface area contributed by atoms with Gasteiger partial charge in [0, 0.05) is 12.0 Å². The average molecular weight is 285 g/mol. The lowest BCUT2D eigenvalue weighted by atomic mass is 10.0. The maximum Gasteiger partial charge on any atom is 0.244 e. The Bertz CT molecular complexity index is 573. The van der Waals surface area contributed by atoms with Crippen molar-refractivity contribution in [2.24, 2.45) is 11.7 Å². The SMILES string of the molecule is Cc1n[nH]c(C)c1S(=O)(=O)NC1CCCC1C(=N)N. The number of aromatic nitrogens is 2. The van der Waals surface area contributed by atoms with Crippen molar-refractivity contribution in [3.8, 4) is 0 Å². The van der Waals surface area contributed by atoms with Gasteiger partial charge >= 0.3 is 0 Å². The summed E-state index contributed by atoms with van der Waals surface area (Å²) in [4.78, 5) is 0.196. The van der Waals surface area contributed by atoms with Gasteiger partial charge in [0.2, 0.25) is 10.0 Å². The smallest absolute Gasteiger partial charge is 0.244 e. The molecular weight excluding hydrogens is 266 g/mol. The Labute approximate surface area is 112 Å². The maximum atomic E-state index is 12.4. The third kappa shape index (κ3) is 2.64. The molecule has 1 aromatic rings. The summed E-state index contributed by atoms with van der Waals surface area (Å²) in [6.07, 6.45) is 2.34. The fraction of sp³-hybridized carbons (Fsp3) is 0.636. The predicted octanol–water partition coefficient (Wildman–Crippen LogP) is 0.410. The Morgan fingerprint density at radius 1 is 1.47 bits per heavy atom. The molecule has 0 aliphatic heterocycles. The molecule has 2 unspecified atom stereocenters. The Balaban J connectivity index is 2.25. The van der Waals surface area contributed by atoms with Crippen molar-refractivity contribution in [3.05, 3.63) is 11.4 Å². The van der Waals surface area contributed by atoms with E-state index in [1.807, 2.05) is 0 Å². The van der Waals surface area contributed by atoms with Crippen LogP contribution in [0.5, 0.6) is 0 Å². The van der Waals surface area contributed by atoms with Crippen molar-refractivity contribution in [1.82, 2.24) is 14.9 Å². The lowest BCUT2D eigenvalue weighted by Crippen LogP contribution is -2.42. The van der Waals surface area contributed by atoms with Crippen LogP contribution in [0.25, 0.3) is 0 Å². The van der Waals surface area contributed by atoms with E-state index in [2.05, 4.69) is 14.9 Å². The molecule has 7 nitrogen and oxygen atoms in total. The Morgan fingerprint density at radius 3 is 2.68 bits per heavy atom. The zero-order valence-electron chi connectivity index (χ0n) is 11.0. The highest BCUT2D eigenvalue weighted by atomic mass is 32.2. The van der Waals surface area contributed by atoms with Crippen LogP contribution in [-0.2, 0) is 10.0 Å². The first-order chi connectivity index (χ1) is 8.83. The summed E-state index contributed by atoms with van der Waals surface area (Å²) in [6.45, 7) is 3.32. The fourth-order valence-corrected chi connectivity index (χ4v) is 4.35. The highest BCUT2D eigenvalue weighted by Crippen LogP contribution is 2.27. The number of hydrogen-bond donors (Lipinski definition) is 4. The Morgan fingerprint density at radius 2 is 2.16 bits per heavy atom. The second-order valence-electron chi connectivity index (χ2n) is 4.98. The second kappa shape index (κ2) is 4.93. The number of nitrogens with two attached hydrogens (primary N) is 1. The summed E-state index contributed by atoms with van der Waals surface area (Å²) in [6, 6.07) is -0.295. The lowest BCUT2D eigenvalue weighted by Gasteiger charge is -2.19. The number of amidine groups is 1. The van der Waals surface area contributed by atoms with Gasteiger partial charge in [-0.2, -0.15) is 5.10 Å². The summed E-state index contributed by atoms with van der Waals surface area (Å²) >= 11 is 0. The molecule has 1 aliphatic carbocycles. The number of H-pyrrole nitrogens is 1. The van der Waals surface area contributed by atoms with E-state index in [0.717, 1.165) is 12.8 Å². The first-order valence-corrected chi connectivity index (χ1v) is 7.69. The van der Waals surface area contributed by atoms with E-state index in [4.69, 9.17) is 11.1 Å². The van der Waals surface area contributed by atoms with E-state index in [1.54, 1.807) is 13.8 Å². The normalized spacial score (nSPS) is 23.7. The molecule has 8 heteroatoms. The second-order valence-corrected chi connectivity index (χ2v) is 6.63. The Kier molecular flexibility index (Phi) is 3.64. The van der Waals surface area contributed by atoms with Crippen LogP contribution < -0.4 is 10.5 Å². The zero-order chi connectivity index (χ0) is 14.2. The summed E-state index contributed by atoms with van der Waals surface area (Å²) in [5.74, 6) is -0.159. The molecule has 19 heavy (non-hydrogen) atoms. The van der Waals surface area contributed by atoms with Crippen molar-refractivity contribution in [1.29, 1.82) is 5.41 Å². The molecule has 2 rings (SSSR count). The molecule has 1 saturated carbocycles. The van der Waals surface area contributed by atoms with Crippen LogP contribution in [0.1, 0.15) is 30.7 Å². The van der Waals surface area contributed by atoms with E-state index in [1.165, 1.54) is 0 Å². The molecule has 1 heterocycles. The minimum Gasteiger partial charge on any atom is -0.387 e. The van der Waals surface area contributed by atoms with Crippen molar-refractivity contribution >= 4 is 15.9 Å². The summed E-state index contributed by atoms with van der Waals surface area (Å²) in [5.41, 5.74) is 6.48. The molecule has 0 bridgehead atoms. The minimum absolute atomic E-state index is 0.0471. The number of nitrogens with zero attached hydrogens (tertiary/aromatic N) is 1. The van der Waals surface area contributed by atoms with Crippen molar-refractivity contribution in [2.75, 3.05) is 0 Å². The molecule has 106 valence electrons. The van der Waals surface area contributed by atoms with E-state index < -0.39 is 10.0 Å².